The first-order valence-electron chi connectivity index (χ1n) is 13.0. The Hall–Kier alpha value is -2.37. The summed E-state index contributed by atoms with van der Waals surface area (Å²) in [6, 6.07) is 9.67. The Morgan fingerprint density at radius 2 is 1.48 bits per heavy atom. The highest BCUT2D eigenvalue weighted by Gasteiger charge is 2.37. The van der Waals surface area contributed by atoms with E-state index in [1.165, 1.54) is 12.0 Å². The lowest BCUT2D eigenvalue weighted by Crippen LogP contribution is -2.56. The van der Waals surface area contributed by atoms with Crippen LogP contribution in [0.3, 0.4) is 0 Å². The Balaban J connectivity index is 1.34. The van der Waals surface area contributed by atoms with Crippen LogP contribution in [0, 0.1) is 11.8 Å². The van der Waals surface area contributed by atoms with Gasteiger partial charge in [-0.25, -0.2) is 0 Å². The van der Waals surface area contributed by atoms with Crippen LogP contribution in [0.1, 0.15) is 69.8 Å². The fourth-order valence-electron chi connectivity index (χ4n) is 5.69. The van der Waals surface area contributed by atoms with Crippen LogP contribution in [0.4, 0.5) is 0 Å². The standard InChI is InChI=1S/C27H39N3O3/c31-24(14-13-21-9-3-1-4-10-21)29-19-15-22(16-20-29)25(27(33)30-17-7-2-8-18-30)28-26(32)23-11-5-6-12-23/h1,3-4,9-10,22-23,25H,2,5-8,11-20H2,(H,28,32). The predicted octanol–water partition coefficient (Wildman–Crippen LogP) is 3.55. The van der Waals surface area contributed by atoms with Gasteiger partial charge in [0.25, 0.3) is 0 Å². The molecule has 0 aromatic heterocycles. The lowest BCUT2D eigenvalue weighted by Gasteiger charge is -2.39. The highest BCUT2D eigenvalue weighted by molar-refractivity contribution is 5.89. The number of carbonyl (C=O) groups is 3. The molecule has 3 aliphatic rings. The van der Waals surface area contributed by atoms with E-state index in [9.17, 15) is 14.4 Å². The molecule has 2 aliphatic heterocycles. The number of benzene rings is 1. The van der Waals surface area contributed by atoms with Gasteiger partial charge in [-0.3, -0.25) is 14.4 Å². The molecule has 0 radical (unpaired) electrons. The minimum absolute atomic E-state index is 0.0568. The zero-order valence-electron chi connectivity index (χ0n) is 19.8. The largest absolute Gasteiger partial charge is 0.344 e. The van der Waals surface area contributed by atoms with Crippen LogP contribution < -0.4 is 5.32 Å². The topological polar surface area (TPSA) is 69.7 Å². The minimum Gasteiger partial charge on any atom is -0.344 e. The maximum absolute atomic E-state index is 13.5. The van der Waals surface area contributed by atoms with Gasteiger partial charge in [0.2, 0.25) is 17.7 Å². The number of piperidine rings is 2. The maximum Gasteiger partial charge on any atom is 0.245 e. The molecule has 6 nitrogen and oxygen atoms in total. The molecule has 2 saturated heterocycles. The SMILES string of the molecule is O=C(NC(C(=O)N1CCCCC1)C1CCN(C(=O)CCc2ccccc2)CC1)C1CCCC1. The quantitative estimate of drug-likeness (QED) is 0.687. The molecule has 3 amide bonds. The van der Waals surface area contributed by atoms with Crippen LogP contribution in [-0.4, -0.2) is 59.7 Å². The molecule has 180 valence electrons. The average Bonchev–Trinajstić information content (AvgIpc) is 3.42. The molecule has 0 bridgehead atoms. The summed E-state index contributed by atoms with van der Waals surface area (Å²) in [7, 11) is 0. The monoisotopic (exact) mass is 453 g/mol. The van der Waals surface area contributed by atoms with Crippen molar-refractivity contribution < 1.29 is 14.4 Å². The number of nitrogens with one attached hydrogen (secondary N) is 1. The summed E-state index contributed by atoms with van der Waals surface area (Å²) in [6.45, 7) is 2.93. The second-order valence-electron chi connectivity index (χ2n) is 10.1. The van der Waals surface area contributed by atoms with Crippen molar-refractivity contribution in [2.24, 2.45) is 11.8 Å². The molecule has 1 atom stereocenters. The Bertz CT molecular complexity index is 792. The molecule has 1 aromatic rings. The molecule has 1 saturated carbocycles. The van der Waals surface area contributed by atoms with Crippen LogP contribution in [-0.2, 0) is 20.8 Å². The third kappa shape index (κ3) is 6.36. The van der Waals surface area contributed by atoms with E-state index < -0.39 is 6.04 Å². The minimum atomic E-state index is -0.447. The number of rotatable bonds is 7. The van der Waals surface area contributed by atoms with E-state index in [0.717, 1.165) is 70.9 Å². The van der Waals surface area contributed by atoms with Crippen molar-refractivity contribution in [1.29, 1.82) is 0 Å². The van der Waals surface area contributed by atoms with Crippen LogP contribution in [0.25, 0.3) is 0 Å². The summed E-state index contributed by atoms with van der Waals surface area (Å²) in [4.78, 5) is 43.1. The average molecular weight is 454 g/mol. The second kappa shape index (κ2) is 11.7. The van der Waals surface area contributed by atoms with Gasteiger partial charge >= 0.3 is 0 Å². The molecular formula is C27H39N3O3. The van der Waals surface area contributed by atoms with Gasteiger partial charge in [-0.05, 0) is 62.8 Å². The van der Waals surface area contributed by atoms with Crippen LogP contribution >= 0.6 is 0 Å². The first kappa shape index (κ1) is 23.8. The molecule has 4 rings (SSSR count). The van der Waals surface area contributed by atoms with Gasteiger partial charge < -0.3 is 15.1 Å². The van der Waals surface area contributed by atoms with Crippen LogP contribution in [0.15, 0.2) is 30.3 Å². The fourth-order valence-corrected chi connectivity index (χ4v) is 5.69. The van der Waals surface area contributed by atoms with Crippen molar-refractivity contribution in [3.63, 3.8) is 0 Å². The van der Waals surface area contributed by atoms with E-state index in [2.05, 4.69) is 17.4 Å². The Morgan fingerprint density at radius 1 is 0.818 bits per heavy atom. The fraction of sp³-hybridized carbons (Fsp3) is 0.667. The van der Waals surface area contributed by atoms with Crippen molar-refractivity contribution in [3.05, 3.63) is 35.9 Å². The molecular weight excluding hydrogens is 414 g/mol. The van der Waals surface area contributed by atoms with Gasteiger partial charge in [0, 0.05) is 38.5 Å². The van der Waals surface area contributed by atoms with Gasteiger partial charge in [0.1, 0.15) is 6.04 Å². The van der Waals surface area contributed by atoms with E-state index in [4.69, 9.17) is 0 Å². The van der Waals surface area contributed by atoms with Crippen molar-refractivity contribution in [2.75, 3.05) is 26.2 Å². The molecule has 3 fully saturated rings. The number of aryl methyl sites for hydroxylation is 1. The first-order valence-corrected chi connectivity index (χ1v) is 13.0. The van der Waals surface area contributed by atoms with Gasteiger partial charge in [0.05, 0.1) is 0 Å². The molecule has 33 heavy (non-hydrogen) atoms. The second-order valence-corrected chi connectivity index (χ2v) is 10.1. The summed E-state index contributed by atoms with van der Waals surface area (Å²) in [5, 5.41) is 3.18. The molecule has 1 aromatic carbocycles. The third-order valence-corrected chi connectivity index (χ3v) is 7.79. The lowest BCUT2D eigenvalue weighted by molar-refractivity contribution is -0.141. The summed E-state index contributed by atoms with van der Waals surface area (Å²) in [5.41, 5.74) is 1.18. The van der Waals surface area contributed by atoms with Crippen molar-refractivity contribution in [3.8, 4) is 0 Å². The maximum atomic E-state index is 13.5. The smallest absolute Gasteiger partial charge is 0.245 e. The number of nitrogens with zero attached hydrogens (tertiary/aromatic N) is 2. The van der Waals surface area contributed by atoms with Gasteiger partial charge in [-0.1, -0.05) is 43.2 Å². The predicted molar refractivity (Wildman–Crippen MR) is 128 cm³/mol. The van der Waals surface area contributed by atoms with E-state index in [0.29, 0.717) is 19.5 Å². The summed E-state index contributed by atoms with van der Waals surface area (Å²) in [6.07, 6.45) is 10.2. The number of hydrogen-bond acceptors (Lipinski definition) is 3. The van der Waals surface area contributed by atoms with Gasteiger partial charge in [-0.2, -0.15) is 0 Å². The summed E-state index contributed by atoms with van der Waals surface area (Å²) >= 11 is 0. The van der Waals surface area contributed by atoms with E-state index in [1.807, 2.05) is 28.0 Å². The third-order valence-electron chi connectivity index (χ3n) is 7.79. The Labute approximate surface area is 198 Å². The summed E-state index contributed by atoms with van der Waals surface area (Å²) in [5.74, 6) is 0.495. The van der Waals surface area contributed by atoms with E-state index in [1.54, 1.807) is 0 Å². The molecule has 6 heteroatoms. The number of carbonyl (C=O) groups excluding carboxylic acids is 3. The van der Waals surface area contributed by atoms with Crippen LogP contribution in [0.5, 0.6) is 0 Å². The zero-order valence-corrected chi connectivity index (χ0v) is 19.8. The van der Waals surface area contributed by atoms with E-state index >= 15 is 0 Å². The van der Waals surface area contributed by atoms with Crippen molar-refractivity contribution in [2.45, 2.75) is 76.7 Å². The molecule has 1 unspecified atom stereocenters. The summed E-state index contributed by atoms with van der Waals surface area (Å²) < 4.78 is 0. The zero-order chi connectivity index (χ0) is 23.0. The lowest BCUT2D eigenvalue weighted by atomic mass is 9.87. The molecule has 2 heterocycles. The highest BCUT2D eigenvalue weighted by Crippen LogP contribution is 2.28. The first-order chi connectivity index (χ1) is 16.1. The van der Waals surface area contributed by atoms with Gasteiger partial charge in [0.15, 0.2) is 0 Å². The van der Waals surface area contributed by atoms with Crippen LogP contribution in [0.2, 0.25) is 0 Å². The molecule has 1 N–H and O–H groups in total. The number of amides is 3. The highest BCUT2D eigenvalue weighted by atomic mass is 16.2. The Kier molecular flexibility index (Phi) is 8.40. The normalized spacial score (nSPS) is 21.1. The number of hydrogen-bond donors (Lipinski definition) is 1. The van der Waals surface area contributed by atoms with Gasteiger partial charge in [-0.15, -0.1) is 0 Å². The number of likely N-dealkylation sites (tertiary alicyclic amines) is 2. The van der Waals surface area contributed by atoms with E-state index in [-0.39, 0.29) is 29.6 Å². The molecule has 0 spiro atoms. The van der Waals surface area contributed by atoms with Crippen molar-refractivity contribution >= 4 is 17.7 Å². The Morgan fingerprint density at radius 3 is 2.15 bits per heavy atom. The van der Waals surface area contributed by atoms with Crippen molar-refractivity contribution in [1.82, 2.24) is 15.1 Å². The molecule has 1 aliphatic carbocycles.